The van der Waals surface area contributed by atoms with E-state index < -0.39 is 0 Å². The van der Waals surface area contributed by atoms with Gasteiger partial charge in [-0.25, -0.2) is 0 Å². The highest BCUT2D eigenvalue weighted by Gasteiger charge is 2.15. The van der Waals surface area contributed by atoms with Gasteiger partial charge in [0.05, 0.1) is 12.7 Å². The smallest absolute Gasteiger partial charge is 0.191 e. The first-order chi connectivity index (χ1) is 9.57. The molecule has 0 saturated heterocycles. The van der Waals surface area contributed by atoms with E-state index in [1.807, 2.05) is 23.9 Å². The second-order valence-corrected chi connectivity index (χ2v) is 6.37. The molecule has 1 aromatic heterocycles. The average molecular weight is 424 g/mol. The van der Waals surface area contributed by atoms with E-state index in [0.717, 1.165) is 18.3 Å². The predicted octanol–water partition coefficient (Wildman–Crippen LogP) is 2.39. The van der Waals surface area contributed by atoms with Crippen molar-refractivity contribution >= 4 is 41.7 Å². The second kappa shape index (κ2) is 10.9. The minimum absolute atomic E-state index is 0. The summed E-state index contributed by atoms with van der Waals surface area (Å²) in [4.78, 5) is 8.18. The molecule has 0 saturated carbocycles. The van der Waals surface area contributed by atoms with Crippen LogP contribution in [-0.2, 0) is 0 Å². The Bertz CT molecular complexity index is 415. The third-order valence-corrected chi connectivity index (χ3v) is 4.00. The number of thioether (sulfide) groups is 1. The number of nitrogens with one attached hydrogen (secondary N) is 2. The number of halogens is 1. The maximum Gasteiger partial charge on any atom is 0.191 e. The van der Waals surface area contributed by atoms with Crippen LogP contribution in [0, 0.1) is 0 Å². The molecule has 2 N–H and O–H groups in total. The van der Waals surface area contributed by atoms with Crippen molar-refractivity contribution in [2.24, 2.45) is 4.99 Å². The number of nitrogens with zero attached hydrogens (tertiary/aromatic N) is 2. The lowest BCUT2D eigenvalue weighted by atomic mass is 10.2. The summed E-state index contributed by atoms with van der Waals surface area (Å²) < 4.78 is 5.74. The van der Waals surface area contributed by atoms with Crippen LogP contribution < -0.4 is 15.4 Å². The summed E-state index contributed by atoms with van der Waals surface area (Å²) in [7, 11) is 1.77. The van der Waals surface area contributed by atoms with Crippen LogP contribution in [0.4, 0.5) is 0 Å². The van der Waals surface area contributed by atoms with Crippen LogP contribution in [-0.4, -0.2) is 48.7 Å². The van der Waals surface area contributed by atoms with E-state index in [1.54, 1.807) is 19.4 Å². The zero-order valence-electron chi connectivity index (χ0n) is 13.0. The molecule has 0 fully saturated rings. The molecule has 5 nitrogen and oxygen atoms in total. The van der Waals surface area contributed by atoms with Gasteiger partial charge < -0.3 is 15.4 Å². The van der Waals surface area contributed by atoms with Crippen molar-refractivity contribution in [3.8, 4) is 5.75 Å². The topological polar surface area (TPSA) is 58.5 Å². The van der Waals surface area contributed by atoms with E-state index in [9.17, 15) is 0 Å². The van der Waals surface area contributed by atoms with E-state index in [4.69, 9.17) is 4.74 Å². The monoisotopic (exact) mass is 424 g/mol. The Hall–Kier alpha value is -0.700. The van der Waals surface area contributed by atoms with Crippen molar-refractivity contribution in [2.45, 2.75) is 18.6 Å². The van der Waals surface area contributed by atoms with Gasteiger partial charge in [-0.05, 0) is 32.2 Å². The molecule has 0 amide bonds. The number of pyridine rings is 1. The first kappa shape index (κ1) is 20.3. The van der Waals surface area contributed by atoms with Crippen molar-refractivity contribution in [3.63, 3.8) is 0 Å². The molecule has 1 heterocycles. The van der Waals surface area contributed by atoms with E-state index in [-0.39, 0.29) is 28.7 Å². The van der Waals surface area contributed by atoms with Gasteiger partial charge in [-0.3, -0.25) is 9.98 Å². The molecular formula is C14H25IN4OS. The third-order valence-electron chi connectivity index (χ3n) is 2.76. The van der Waals surface area contributed by atoms with Gasteiger partial charge in [0.1, 0.15) is 12.4 Å². The Morgan fingerprint density at radius 3 is 2.76 bits per heavy atom. The molecule has 0 aliphatic carbocycles. The highest BCUT2D eigenvalue weighted by atomic mass is 127. The molecule has 0 unspecified atom stereocenters. The molecule has 1 aromatic rings. The highest BCUT2D eigenvalue weighted by molar-refractivity contribution is 14.0. The van der Waals surface area contributed by atoms with Crippen LogP contribution in [0.3, 0.4) is 0 Å². The quantitative estimate of drug-likeness (QED) is 0.305. The number of guanidine groups is 1. The number of aliphatic imine (C=N–C) groups is 1. The van der Waals surface area contributed by atoms with Crippen LogP contribution >= 0.6 is 35.7 Å². The van der Waals surface area contributed by atoms with Gasteiger partial charge in [-0.2, -0.15) is 11.8 Å². The van der Waals surface area contributed by atoms with E-state index >= 15 is 0 Å². The Kier molecular flexibility index (Phi) is 10.6. The molecule has 7 heteroatoms. The normalized spacial score (nSPS) is 11.5. The maximum atomic E-state index is 5.56. The Labute approximate surface area is 148 Å². The van der Waals surface area contributed by atoms with E-state index in [2.05, 4.69) is 40.7 Å². The van der Waals surface area contributed by atoms with E-state index in [1.165, 1.54) is 0 Å². The van der Waals surface area contributed by atoms with E-state index in [0.29, 0.717) is 13.2 Å². The summed E-state index contributed by atoms with van der Waals surface area (Å²) in [5.41, 5.74) is 0. The molecular weight excluding hydrogens is 399 g/mol. The van der Waals surface area contributed by atoms with Crippen LogP contribution in [0.5, 0.6) is 5.75 Å². The largest absolute Gasteiger partial charge is 0.490 e. The summed E-state index contributed by atoms with van der Waals surface area (Å²) in [5.74, 6) is 1.57. The minimum atomic E-state index is 0. The molecule has 21 heavy (non-hydrogen) atoms. The highest BCUT2D eigenvalue weighted by Crippen LogP contribution is 2.19. The molecule has 0 spiro atoms. The number of hydrogen-bond acceptors (Lipinski definition) is 4. The van der Waals surface area contributed by atoms with Gasteiger partial charge in [0.15, 0.2) is 5.96 Å². The molecule has 0 atom stereocenters. The molecule has 120 valence electrons. The van der Waals surface area contributed by atoms with Crippen molar-refractivity contribution in [1.29, 1.82) is 0 Å². The summed E-state index contributed by atoms with van der Waals surface area (Å²) in [6, 6.07) is 3.74. The molecule has 0 aliphatic rings. The van der Waals surface area contributed by atoms with Crippen LogP contribution in [0.1, 0.15) is 13.8 Å². The Morgan fingerprint density at radius 2 is 2.19 bits per heavy atom. The number of aromatic nitrogens is 1. The van der Waals surface area contributed by atoms with Crippen LogP contribution in [0.15, 0.2) is 29.5 Å². The average Bonchev–Trinajstić information content (AvgIpc) is 2.47. The fraction of sp³-hybridized carbons (Fsp3) is 0.571. The number of ether oxygens (including phenoxy) is 1. The standard InChI is InChI=1S/C14H24N4OS.HI/c1-14(2,20-4)11-18-13(15-3)17-8-9-19-12-6-5-7-16-10-12;/h5-7,10H,8-9,11H2,1-4H3,(H2,15,17,18);1H. The lowest BCUT2D eigenvalue weighted by Crippen LogP contribution is -2.44. The molecule has 0 radical (unpaired) electrons. The number of rotatable bonds is 7. The van der Waals surface area contributed by atoms with Crippen molar-refractivity contribution in [2.75, 3.05) is 33.0 Å². The SMILES string of the molecule is CN=C(NCCOc1cccnc1)NCC(C)(C)SC.I. The van der Waals surface area contributed by atoms with Crippen molar-refractivity contribution in [1.82, 2.24) is 15.6 Å². The summed E-state index contributed by atoms with van der Waals surface area (Å²) in [5, 5.41) is 6.53. The van der Waals surface area contributed by atoms with Crippen molar-refractivity contribution in [3.05, 3.63) is 24.5 Å². The first-order valence-corrected chi connectivity index (χ1v) is 7.82. The van der Waals surface area contributed by atoms with Gasteiger partial charge in [0.25, 0.3) is 0 Å². The fourth-order valence-electron chi connectivity index (χ4n) is 1.36. The summed E-state index contributed by atoms with van der Waals surface area (Å²) in [6.45, 7) is 6.51. The van der Waals surface area contributed by atoms with Gasteiger partial charge in [-0.15, -0.1) is 24.0 Å². The van der Waals surface area contributed by atoms with Crippen LogP contribution in [0.2, 0.25) is 0 Å². The minimum Gasteiger partial charge on any atom is -0.490 e. The second-order valence-electron chi connectivity index (χ2n) is 4.85. The number of hydrogen-bond donors (Lipinski definition) is 2. The van der Waals surface area contributed by atoms with Gasteiger partial charge in [0.2, 0.25) is 0 Å². The molecule has 1 rings (SSSR count). The van der Waals surface area contributed by atoms with Crippen molar-refractivity contribution < 1.29 is 4.74 Å². The lowest BCUT2D eigenvalue weighted by Gasteiger charge is -2.23. The fourth-order valence-corrected chi connectivity index (χ4v) is 1.58. The molecule has 0 aromatic carbocycles. The maximum absolute atomic E-state index is 5.56. The van der Waals surface area contributed by atoms with Gasteiger partial charge in [0, 0.05) is 24.5 Å². The lowest BCUT2D eigenvalue weighted by molar-refractivity contribution is 0.320. The Balaban J connectivity index is 0.00000400. The summed E-state index contributed by atoms with van der Waals surface area (Å²) >= 11 is 1.83. The zero-order valence-corrected chi connectivity index (χ0v) is 16.2. The zero-order chi connectivity index (χ0) is 14.8. The van der Waals surface area contributed by atoms with Gasteiger partial charge in [-0.1, -0.05) is 0 Å². The summed E-state index contributed by atoms with van der Waals surface area (Å²) in [6.07, 6.45) is 5.54. The van der Waals surface area contributed by atoms with Crippen LogP contribution in [0.25, 0.3) is 0 Å². The van der Waals surface area contributed by atoms with Gasteiger partial charge >= 0.3 is 0 Å². The predicted molar refractivity (Wildman–Crippen MR) is 102 cm³/mol. The molecule has 0 aliphatic heterocycles. The molecule has 0 bridgehead atoms. The Morgan fingerprint density at radius 1 is 1.43 bits per heavy atom. The first-order valence-electron chi connectivity index (χ1n) is 6.60. The third kappa shape index (κ3) is 9.02.